The van der Waals surface area contributed by atoms with E-state index in [0.29, 0.717) is 30.0 Å². The van der Waals surface area contributed by atoms with Crippen molar-refractivity contribution in [2.45, 2.75) is 56.8 Å². The number of imide groups is 1. The molecule has 11 nitrogen and oxygen atoms in total. The summed E-state index contributed by atoms with van der Waals surface area (Å²) in [4.78, 5) is 48.1. The first-order valence-electron chi connectivity index (χ1n) is 20.3. The van der Waals surface area contributed by atoms with Crippen LogP contribution in [0.1, 0.15) is 61.1 Å². The number of nitrogens with one attached hydrogen (secondary N) is 1. The second-order valence-electron chi connectivity index (χ2n) is 17.1. The highest BCUT2D eigenvalue weighted by molar-refractivity contribution is 6.01. The quantitative estimate of drug-likeness (QED) is 0.232. The maximum absolute atomic E-state index is 14.7. The molecule has 0 aliphatic carbocycles. The third-order valence-corrected chi connectivity index (χ3v) is 13.4. The molecule has 0 saturated carbocycles. The van der Waals surface area contributed by atoms with Gasteiger partial charge in [-0.1, -0.05) is 48.5 Å². The molecule has 2 N–H and O–H groups in total. The molecule has 11 heteroatoms. The molecular weight excluding hydrogens is 703 g/mol. The minimum absolute atomic E-state index is 0.179. The van der Waals surface area contributed by atoms with Crippen LogP contribution in [0.5, 0.6) is 5.75 Å². The highest BCUT2D eigenvalue weighted by Crippen LogP contribution is 2.46. The monoisotopic (exact) mass is 753 g/mol. The number of piperidine rings is 3. The third-order valence-electron chi connectivity index (χ3n) is 13.4. The van der Waals surface area contributed by atoms with Gasteiger partial charge in [0, 0.05) is 82.0 Å². The number of rotatable bonds is 8. The average molecular weight is 754 g/mol. The maximum atomic E-state index is 14.7. The summed E-state index contributed by atoms with van der Waals surface area (Å²) in [6, 6.07) is 26.0. The van der Waals surface area contributed by atoms with E-state index in [1.54, 1.807) is 18.3 Å². The van der Waals surface area contributed by atoms with E-state index in [1.807, 2.05) is 18.2 Å². The Balaban J connectivity index is 0.780. The largest absolute Gasteiger partial charge is 0.507 e. The lowest BCUT2D eigenvalue weighted by atomic mass is 9.66. The molecule has 5 fully saturated rings. The fourth-order valence-corrected chi connectivity index (χ4v) is 10.3. The van der Waals surface area contributed by atoms with Crippen molar-refractivity contribution < 1.29 is 19.5 Å². The van der Waals surface area contributed by atoms with Crippen LogP contribution in [-0.2, 0) is 19.8 Å². The lowest BCUT2D eigenvalue weighted by Crippen LogP contribution is -2.74. The van der Waals surface area contributed by atoms with Gasteiger partial charge in [0.1, 0.15) is 5.75 Å². The number of benzene rings is 3. The van der Waals surface area contributed by atoms with Gasteiger partial charge in [-0.3, -0.25) is 19.7 Å². The standard InChI is InChI=1S/C45H51N7O4/c1-31-6-2-4-8-38(31)45(18-22-51(23-19-45)35-24-39(48-46-25-35)37-7-3-5-9-40(37)53)43(56)52-29-44(30-52)27-49(28-44)26-32-16-20-50(21-17-32)34-12-10-33(11-13-34)36-14-15-41(54)47-42(36)55/h2-13,24-25,32,36,53H,14-23,26-30H2,1H3,(H,47,54,55)/t36-/m1/s1. The third kappa shape index (κ3) is 6.80. The van der Waals surface area contributed by atoms with Crippen molar-refractivity contribution in [2.24, 2.45) is 11.3 Å². The van der Waals surface area contributed by atoms with Crippen molar-refractivity contribution in [3.63, 3.8) is 0 Å². The topological polar surface area (TPSA) is 122 Å². The van der Waals surface area contributed by atoms with Gasteiger partial charge in [-0.2, -0.15) is 10.2 Å². The Labute approximate surface area is 328 Å². The molecule has 3 amide bonds. The van der Waals surface area contributed by atoms with Crippen LogP contribution >= 0.6 is 0 Å². The Morgan fingerprint density at radius 3 is 2.25 bits per heavy atom. The molecule has 5 saturated heterocycles. The smallest absolute Gasteiger partial charge is 0.234 e. The first-order valence-corrected chi connectivity index (χ1v) is 20.3. The molecule has 9 rings (SSSR count). The van der Waals surface area contributed by atoms with E-state index in [9.17, 15) is 19.5 Å². The summed E-state index contributed by atoms with van der Waals surface area (Å²) in [5.74, 6) is 0.512. The molecule has 0 bridgehead atoms. The molecule has 1 spiro atoms. The molecule has 1 atom stereocenters. The van der Waals surface area contributed by atoms with Gasteiger partial charge in [0.15, 0.2) is 0 Å². The lowest BCUT2D eigenvalue weighted by molar-refractivity contribution is -0.166. The van der Waals surface area contributed by atoms with E-state index < -0.39 is 5.41 Å². The SMILES string of the molecule is Cc1ccccc1C1(C(=O)N2CC3(CN(CC4CCN(c5ccc([C@H]6CCC(=O)NC6=O)cc5)CC4)C3)C2)CCN(c2cnnc(-c3ccccc3O)c2)CC1. The first kappa shape index (κ1) is 36.4. The van der Waals surface area contributed by atoms with Crippen molar-refractivity contribution in [3.8, 4) is 17.0 Å². The number of carbonyl (C=O) groups is 3. The number of phenols is 1. The number of carbonyl (C=O) groups excluding carboxylic acids is 3. The normalized spacial score (nSPS) is 22.4. The lowest BCUT2D eigenvalue weighted by Gasteiger charge is -2.62. The fourth-order valence-electron chi connectivity index (χ4n) is 10.3. The van der Waals surface area contributed by atoms with Gasteiger partial charge in [0.25, 0.3) is 0 Å². The molecule has 290 valence electrons. The zero-order chi connectivity index (χ0) is 38.4. The van der Waals surface area contributed by atoms with Crippen LogP contribution in [0.2, 0.25) is 0 Å². The summed E-state index contributed by atoms with van der Waals surface area (Å²) in [6.07, 6.45) is 6.52. The van der Waals surface area contributed by atoms with Gasteiger partial charge in [-0.15, -0.1) is 0 Å². The summed E-state index contributed by atoms with van der Waals surface area (Å²) >= 11 is 0. The molecule has 0 radical (unpaired) electrons. The number of nitrogens with zero attached hydrogens (tertiary/aromatic N) is 6. The summed E-state index contributed by atoms with van der Waals surface area (Å²) in [6.45, 7) is 10.6. The number of hydrogen-bond acceptors (Lipinski definition) is 9. The molecule has 4 aromatic rings. The Morgan fingerprint density at radius 2 is 1.54 bits per heavy atom. The van der Waals surface area contributed by atoms with E-state index in [0.717, 1.165) is 101 Å². The second kappa shape index (κ2) is 14.7. The summed E-state index contributed by atoms with van der Waals surface area (Å²) in [5, 5.41) is 21.5. The first-order chi connectivity index (χ1) is 27.2. The molecule has 3 aromatic carbocycles. The number of aryl methyl sites for hydroxylation is 1. The highest BCUT2D eigenvalue weighted by Gasteiger charge is 2.57. The van der Waals surface area contributed by atoms with Gasteiger partial charge in [-0.05, 0) is 92.0 Å². The molecule has 5 aliphatic rings. The molecule has 56 heavy (non-hydrogen) atoms. The molecule has 0 unspecified atom stereocenters. The number of aromatic nitrogens is 2. The second-order valence-corrected chi connectivity index (χ2v) is 17.1. The van der Waals surface area contributed by atoms with Gasteiger partial charge < -0.3 is 24.7 Å². The highest BCUT2D eigenvalue weighted by atomic mass is 16.3. The Hall–Kier alpha value is -5.29. The van der Waals surface area contributed by atoms with Gasteiger partial charge in [0.05, 0.1) is 28.9 Å². The zero-order valence-corrected chi connectivity index (χ0v) is 32.2. The van der Waals surface area contributed by atoms with Crippen molar-refractivity contribution >= 4 is 29.1 Å². The van der Waals surface area contributed by atoms with Gasteiger partial charge in [-0.25, -0.2) is 0 Å². The number of likely N-dealkylation sites (tertiary alicyclic amines) is 2. The van der Waals surface area contributed by atoms with Crippen LogP contribution in [0.3, 0.4) is 0 Å². The number of hydrogen-bond donors (Lipinski definition) is 2. The average Bonchev–Trinajstić information content (AvgIpc) is 3.19. The van der Waals surface area contributed by atoms with Crippen LogP contribution in [0, 0.1) is 18.3 Å². The van der Waals surface area contributed by atoms with Crippen LogP contribution in [0.4, 0.5) is 11.4 Å². The zero-order valence-electron chi connectivity index (χ0n) is 32.2. The number of phenolic OH excluding ortho intramolecular Hbond substituents is 1. The molecular formula is C45H51N7O4. The van der Waals surface area contributed by atoms with Crippen LogP contribution in [0.25, 0.3) is 11.3 Å². The van der Waals surface area contributed by atoms with Crippen molar-refractivity contribution in [1.29, 1.82) is 0 Å². The van der Waals surface area contributed by atoms with E-state index in [2.05, 4.69) is 90.6 Å². The maximum Gasteiger partial charge on any atom is 0.234 e. The number of aromatic hydroxyl groups is 1. The molecule has 5 aliphatic heterocycles. The van der Waals surface area contributed by atoms with Crippen LogP contribution < -0.4 is 15.1 Å². The summed E-state index contributed by atoms with van der Waals surface area (Å²) < 4.78 is 0. The van der Waals surface area contributed by atoms with Crippen molar-refractivity contribution in [3.05, 3.63) is 102 Å². The van der Waals surface area contributed by atoms with Crippen LogP contribution in [-0.4, -0.2) is 102 Å². The molecule has 1 aromatic heterocycles. The van der Waals surface area contributed by atoms with Gasteiger partial charge in [0.2, 0.25) is 17.7 Å². The summed E-state index contributed by atoms with van der Waals surface area (Å²) in [7, 11) is 0. The minimum Gasteiger partial charge on any atom is -0.507 e. The Bertz CT molecular complexity index is 2110. The van der Waals surface area contributed by atoms with E-state index in [-0.39, 0.29) is 34.8 Å². The number of anilines is 2. The van der Waals surface area contributed by atoms with Crippen molar-refractivity contribution in [1.82, 2.24) is 25.3 Å². The number of amides is 3. The fraction of sp³-hybridized carbons (Fsp3) is 0.444. The minimum atomic E-state index is -0.562. The predicted octanol–water partition coefficient (Wildman–Crippen LogP) is 5.28. The Kier molecular flexibility index (Phi) is 9.51. The van der Waals surface area contributed by atoms with E-state index in [4.69, 9.17) is 0 Å². The number of para-hydroxylation sites is 1. The van der Waals surface area contributed by atoms with Crippen LogP contribution in [0.15, 0.2) is 85.1 Å². The van der Waals surface area contributed by atoms with Crippen molar-refractivity contribution in [2.75, 3.05) is 68.7 Å². The summed E-state index contributed by atoms with van der Waals surface area (Å²) in [5.41, 5.74) is 6.39. The molecule has 6 heterocycles. The predicted molar refractivity (Wildman–Crippen MR) is 215 cm³/mol. The Morgan fingerprint density at radius 1 is 0.839 bits per heavy atom. The van der Waals surface area contributed by atoms with Gasteiger partial charge >= 0.3 is 0 Å². The van der Waals surface area contributed by atoms with E-state index in [1.165, 1.54) is 11.3 Å². The van der Waals surface area contributed by atoms with E-state index >= 15 is 0 Å².